The molecule has 0 aliphatic rings. The summed E-state index contributed by atoms with van der Waals surface area (Å²) in [5.41, 5.74) is 8.38. The van der Waals surface area contributed by atoms with Gasteiger partial charge in [0.1, 0.15) is 11.6 Å². The van der Waals surface area contributed by atoms with E-state index in [-0.39, 0.29) is 5.76 Å². The predicted molar refractivity (Wildman–Crippen MR) is 112 cm³/mol. The molecule has 2 aromatic carbocycles. The number of carbonyl (C=O) groups is 2. The third-order valence-corrected chi connectivity index (χ3v) is 4.38. The third-order valence-electron chi connectivity index (χ3n) is 4.38. The number of aliphatic hydroxyl groups is 1. The van der Waals surface area contributed by atoms with Gasteiger partial charge in [0, 0.05) is 29.8 Å². The van der Waals surface area contributed by atoms with Crippen molar-refractivity contribution in [2.45, 2.75) is 19.9 Å². The topological polar surface area (TPSA) is 118 Å². The molecular weight excluding hydrogens is 370 g/mol. The van der Waals surface area contributed by atoms with Crippen LogP contribution in [0.25, 0.3) is 28.9 Å². The molecule has 3 rings (SSSR count). The van der Waals surface area contributed by atoms with Crippen molar-refractivity contribution in [3.8, 4) is 0 Å². The van der Waals surface area contributed by atoms with Crippen molar-refractivity contribution < 1.29 is 19.8 Å². The highest BCUT2D eigenvalue weighted by molar-refractivity contribution is 5.94. The number of rotatable bonds is 7. The van der Waals surface area contributed by atoms with Crippen LogP contribution in [0, 0.1) is 0 Å². The molecule has 7 heteroatoms. The molecule has 4 N–H and O–H groups in total. The zero-order chi connectivity index (χ0) is 21.0. The quantitative estimate of drug-likeness (QED) is 0.419. The van der Waals surface area contributed by atoms with E-state index in [1.807, 2.05) is 23.6 Å². The first-order valence-corrected chi connectivity index (χ1v) is 9.11. The maximum absolute atomic E-state index is 11.4. The second kappa shape index (κ2) is 8.43. The minimum Gasteiger partial charge on any atom is -0.507 e. The van der Waals surface area contributed by atoms with Crippen LogP contribution < -0.4 is 5.73 Å². The van der Waals surface area contributed by atoms with Gasteiger partial charge in [-0.25, -0.2) is 9.78 Å². The summed E-state index contributed by atoms with van der Waals surface area (Å²) in [5, 5.41) is 19.4. The second-order valence-electron chi connectivity index (χ2n) is 6.52. The molecule has 7 nitrogen and oxygen atoms in total. The highest BCUT2D eigenvalue weighted by Crippen LogP contribution is 2.23. The van der Waals surface area contributed by atoms with Crippen molar-refractivity contribution in [1.82, 2.24) is 9.55 Å². The van der Waals surface area contributed by atoms with Gasteiger partial charge in [0.15, 0.2) is 0 Å². The average Bonchev–Trinajstić information content (AvgIpc) is 3.03. The van der Waals surface area contributed by atoms with Crippen LogP contribution in [0.5, 0.6) is 0 Å². The smallest absolute Gasteiger partial charge is 0.328 e. The Hall–Kier alpha value is -3.87. The SMILES string of the molecule is CCCn1c(C=C(O)c2cccc(C(N)=O)c2)nc2ccc(/C=C/C(=O)O)cc21. The van der Waals surface area contributed by atoms with E-state index in [1.165, 1.54) is 12.1 Å². The van der Waals surface area contributed by atoms with Crippen molar-refractivity contribution in [3.63, 3.8) is 0 Å². The molecule has 1 amide bonds. The molecule has 3 aromatic rings. The molecule has 0 saturated heterocycles. The molecule has 1 heterocycles. The Balaban J connectivity index is 2.07. The van der Waals surface area contributed by atoms with Gasteiger partial charge in [-0.05, 0) is 42.3 Å². The molecule has 0 spiro atoms. The van der Waals surface area contributed by atoms with E-state index in [9.17, 15) is 14.7 Å². The lowest BCUT2D eigenvalue weighted by Gasteiger charge is -2.07. The maximum Gasteiger partial charge on any atom is 0.328 e. The van der Waals surface area contributed by atoms with Gasteiger partial charge in [0.25, 0.3) is 0 Å². The Morgan fingerprint density at radius 3 is 2.59 bits per heavy atom. The Labute approximate surface area is 167 Å². The number of hydrogen-bond acceptors (Lipinski definition) is 4. The molecule has 0 fully saturated rings. The molecule has 29 heavy (non-hydrogen) atoms. The Morgan fingerprint density at radius 1 is 1.14 bits per heavy atom. The van der Waals surface area contributed by atoms with Gasteiger partial charge in [-0.2, -0.15) is 0 Å². The molecule has 0 radical (unpaired) electrons. The first-order valence-electron chi connectivity index (χ1n) is 9.11. The molecule has 0 saturated carbocycles. The highest BCUT2D eigenvalue weighted by Gasteiger charge is 2.11. The van der Waals surface area contributed by atoms with Crippen LogP contribution in [0.2, 0.25) is 0 Å². The van der Waals surface area contributed by atoms with Crippen molar-refractivity contribution in [2.75, 3.05) is 0 Å². The van der Waals surface area contributed by atoms with E-state index in [0.29, 0.717) is 23.5 Å². The zero-order valence-electron chi connectivity index (χ0n) is 15.9. The monoisotopic (exact) mass is 391 g/mol. The minimum absolute atomic E-state index is 0.0354. The van der Waals surface area contributed by atoms with Crippen LogP contribution in [-0.2, 0) is 11.3 Å². The number of aromatic nitrogens is 2. The molecule has 0 aliphatic heterocycles. The number of carboxylic acid groups (broad SMARTS) is 1. The number of fused-ring (bicyclic) bond motifs is 1. The molecule has 0 aliphatic carbocycles. The number of aliphatic hydroxyl groups excluding tert-OH is 1. The van der Waals surface area contributed by atoms with E-state index in [4.69, 9.17) is 10.8 Å². The number of primary amides is 1. The molecular formula is C22H21N3O4. The predicted octanol–water partition coefficient (Wildman–Crippen LogP) is 3.70. The minimum atomic E-state index is -1.01. The van der Waals surface area contributed by atoms with Crippen LogP contribution in [0.3, 0.4) is 0 Å². The number of nitrogens with two attached hydrogens (primary N) is 1. The van der Waals surface area contributed by atoms with Gasteiger partial charge in [0.2, 0.25) is 5.91 Å². The lowest BCUT2D eigenvalue weighted by Crippen LogP contribution is -2.10. The van der Waals surface area contributed by atoms with Gasteiger partial charge in [0.05, 0.1) is 11.0 Å². The molecule has 0 atom stereocenters. The number of carbonyl (C=O) groups excluding carboxylic acids is 1. The van der Waals surface area contributed by atoms with E-state index in [0.717, 1.165) is 29.1 Å². The van der Waals surface area contributed by atoms with E-state index < -0.39 is 11.9 Å². The second-order valence-corrected chi connectivity index (χ2v) is 6.52. The van der Waals surface area contributed by atoms with Crippen LogP contribution in [0.1, 0.15) is 40.7 Å². The fourth-order valence-electron chi connectivity index (χ4n) is 3.04. The first kappa shape index (κ1) is 19.9. The molecule has 0 bridgehead atoms. The van der Waals surface area contributed by atoms with Crippen LogP contribution in [0.15, 0.2) is 48.5 Å². The average molecular weight is 391 g/mol. The van der Waals surface area contributed by atoms with E-state index in [1.54, 1.807) is 30.3 Å². The third kappa shape index (κ3) is 4.52. The fourth-order valence-corrected chi connectivity index (χ4v) is 3.04. The summed E-state index contributed by atoms with van der Waals surface area (Å²) < 4.78 is 1.96. The lowest BCUT2D eigenvalue weighted by molar-refractivity contribution is -0.131. The maximum atomic E-state index is 11.4. The Morgan fingerprint density at radius 2 is 1.90 bits per heavy atom. The number of hydrogen-bond donors (Lipinski definition) is 3. The van der Waals surface area contributed by atoms with Crippen molar-refractivity contribution in [2.24, 2.45) is 5.73 Å². The highest BCUT2D eigenvalue weighted by atomic mass is 16.4. The summed E-state index contributed by atoms with van der Waals surface area (Å²) in [5.74, 6) is -1.06. The number of aliphatic carboxylic acids is 1. The molecule has 148 valence electrons. The Bertz CT molecular complexity index is 1140. The number of imidazole rings is 1. The summed E-state index contributed by atoms with van der Waals surface area (Å²) in [6.07, 6.45) is 5.00. The van der Waals surface area contributed by atoms with Crippen LogP contribution in [0.4, 0.5) is 0 Å². The van der Waals surface area contributed by atoms with Gasteiger partial charge in [-0.3, -0.25) is 4.79 Å². The van der Waals surface area contributed by atoms with Crippen molar-refractivity contribution >= 4 is 40.8 Å². The summed E-state index contributed by atoms with van der Waals surface area (Å²) in [7, 11) is 0. The number of carboxylic acids is 1. The van der Waals surface area contributed by atoms with Crippen molar-refractivity contribution in [3.05, 3.63) is 71.1 Å². The number of benzene rings is 2. The van der Waals surface area contributed by atoms with Gasteiger partial charge >= 0.3 is 5.97 Å². The van der Waals surface area contributed by atoms with Gasteiger partial charge in [-0.1, -0.05) is 25.1 Å². The number of aryl methyl sites for hydroxylation is 1. The van der Waals surface area contributed by atoms with Crippen molar-refractivity contribution in [1.29, 1.82) is 0 Å². The summed E-state index contributed by atoms with van der Waals surface area (Å²) in [6, 6.07) is 11.9. The van der Waals surface area contributed by atoms with Crippen LogP contribution >= 0.6 is 0 Å². The molecule has 0 unspecified atom stereocenters. The van der Waals surface area contributed by atoms with Crippen LogP contribution in [-0.4, -0.2) is 31.6 Å². The lowest BCUT2D eigenvalue weighted by atomic mass is 10.1. The van der Waals surface area contributed by atoms with E-state index in [2.05, 4.69) is 4.98 Å². The summed E-state index contributed by atoms with van der Waals surface area (Å²) in [4.78, 5) is 26.7. The van der Waals surface area contributed by atoms with Gasteiger partial charge < -0.3 is 20.5 Å². The normalized spacial score (nSPS) is 12.0. The van der Waals surface area contributed by atoms with E-state index >= 15 is 0 Å². The Kier molecular flexibility index (Phi) is 5.78. The largest absolute Gasteiger partial charge is 0.507 e. The zero-order valence-corrected chi connectivity index (χ0v) is 15.9. The number of nitrogens with zero attached hydrogens (tertiary/aromatic N) is 2. The molecule has 1 aromatic heterocycles. The van der Waals surface area contributed by atoms with Gasteiger partial charge in [-0.15, -0.1) is 0 Å². The summed E-state index contributed by atoms with van der Waals surface area (Å²) >= 11 is 0. The summed E-state index contributed by atoms with van der Waals surface area (Å²) in [6.45, 7) is 2.70. The standard InChI is InChI=1S/C22H21N3O4/c1-2-10-25-18-11-14(7-9-21(27)28)6-8-17(18)24-20(25)13-19(26)15-4-3-5-16(12-15)22(23)29/h3-9,11-13,26H,2,10H2,1H3,(H2,23,29)(H,27,28)/b9-7+,19-13?. The first-order chi connectivity index (χ1) is 13.9. The number of amides is 1. The fraction of sp³-hybridized carbons (Fsp3) is 0.136.